The second kappa shape index (κ2) is 11.4. The molecule has 0 N–H and O–H groups in total. The van der Waals surface area contributed by atoms with Crippen LogP contribution in [-0.2, 0) is 29.5 Å². The Bertz CT molecular complexity index is 2370. The summed E-state index contributed by atoms with van der Waals surface area (Å²) in [5.74, 6) is -1.84. The molecule has 0 atom stereocenters. The van der Waals surface area contributed by atoms with Crippen molar-refractivity contribution in [1.82, 2.24) is 9.14 Å². The van der Waals surface area contributed by atoms with Crippen LogP contribution in [0.5, 0.6) is 0 Å². The quantitative estimate of drug-likeness (QED) is 0.105. The molecule has 0 saturated heterocycles. The van der Waals surface area contributed by atoms with Gasteiger partial charge >= 0.3 is 24.7 Å². The molecule has 4 nitrogen and oxygen atoms in total. The van der Waals surface area contributed by atoms with Crippen LogP contribution >= 0.6 is 0 Å². The zero-order valence-corrected chi connectivity index (χ0v) is 25.5. The highest BCUT2D eigenvalue weighted by Crippen LogP contribution is 2.47. The van der Waals surface area contributed by atoms with Crippen molar-refractivity contribution in [3.63, 3.8) is 0 Å². The van der Waals surface area contributed by atoms with Crippen molar-refractivity contribution in [2.75, 3.05) is 0 Å². The van der Waals surface area contributed by atoms with Crippen LogP contribution in [0.2, 0.25) is 0 Å². The maximum absolute atomic E-state index is 13.8. The van der Waals surface area contributed by atoms with Crippen molar-refractivity contribution in [3.05, 3.63) is 136 Å². The number of hydrogen-bond donors (Lipinski definition) is 0. The van der Waals surface area contributed by atoms with E-state index in [4.69, 9.17) is 0 Å². The number of para-hydroxylation sites is 2. The average molecular weight is 737 g/mol. The molecule has 0 fully saturated rings. The smallest absolute Gasteiger partial charge is 0.416 e. The number of fused-ring (bicyclic) bond motifs is 2. The van der Waals surface area contributed by atoms with Gasteiger partial charge in [-0.15, -0.1) is 0 Å². The summed E-state index contributed by atoms with van der Waals surface area (Å²) < 4.78 is 166. The molecule has 1 aromatic heterocycles. The Hall–Kier alpha value is -5.80. The van der Waals surface area contributed by atoms with E-state index in [0.717, 1.165) is 21.6 Å². The zero-order valence-electron chi connectivity index (χ0n) is 25.5. The maximum Gasteiger partial charge on any atom is 0.416 e. The van der Waals surface area contributed by atoms with Gasteiger partial charge < -0.3 is 9.67 Å². The van der Waals surface area contributed by atoms with Gasteiger partial charge in [0.15, 0.2) is 12.0 Å². The number of Topliss-reactive ketones (excluding diaryl/α,β-unsaturated/α-hetero) is 1. The highest BCUT2D eigenvalue weighted by Gasteiger charge is 2.42. The molecule has 0 amide bonds. The highest BCUT2D eigenvalue weighted by atomic mass is 19.4. The summed E-state index contributed by atoms with van der Waals surface area (Å²) in [5, 5.41) is 13.9. The Balaban J connectivity index is 1.41. The van der Waals surface area contributed by atoms with Crippen molar-refractivity contribution in [2.45, 2.75) is 24.7 Å². The number of alkyl halides is 12. The molecule has 4 aromatic carbocycles. The van der Waals surface area contributed by atoms with Crippen LogP contribution in [0, 0.1) is 0 Å². The standard InChI is InChI=1S/C36H16F12N2O2/c37-33(38,39)17-9-18(34(40,41)42)12-21(11-17)49-15-25(23-5-1-3-7-27(23)49)29-31(51)30(32(29)52)26-16-50(28-8-4-2-6-24(26)28)22-13-19(35(43,44)45)10-20(14-22)36(46,47)48/h1-16H. The van der Waals surface area contributed by atoms with Gasteiger partial charge in [0, 0.05) is 52.2 Å². The van der Waals surface area contributed by atoms with Crippen LogP contribution in [0.25, 0.3) is 27.7 Å². The van der Waals surface area contributed by atoms with E-state index in [0.29, 0.717) is 24.3 Å². The first-order chi connectivity index (χ1) is 24.1. The molecule has 2 heterocycles. The van der Waals surface area contributed by atoms with Crippen molar-refractivity contribution in [2.24, 2.45) is 0 Å². The Morgan fingerprint density at radius 2 is 1.08 bits per heavy atom. The topological polar surface area (TPSA) is 48.1 Å². The summed E-state index contributed by atoms with van der Waals surface area (Å²) in [4.78, 5) is 13.8. The van der Waals surface area contributed by atoms with E-state index in [9.17, 15) is 62.6 Å². The number of hydrogen-bond acceptors (Lipinski definition) is 2. The number of nitrogens with zero attached hydrogens (tertiary/aromatic N) is 2. The number of halogens is 12. The minimum absolute atomic E-state index is 0.0492. The molecular weight excluding hydrogens is 720 g/mol. The summed E-state index contributed by atoms with van der Waals surface area (Å²) in [7, 11) is 0. The molecule has 0 spiro atoms. The van der Waals surface area contributed by atoms with Gasteiger partial charge in [-0.1, -0.05) is 36.1 Å². The molecule has 0 bridgehead atoms. The molecule has 7 rings (SSSR count). The minimum Gasteiger partial charge on any atom is -0.871 e. The number of carbonyl (C=O) groups excluding carboxylic acids is 1. The molecule has 0 saturated carbocycles. The Morgan fingerprint density at radius 1 is 0.577 bits per heavy atom. The predicted octanol–water partition coefficient (Wildman–Crippen LogP) is 9.73. The molecular formula is C36H16F12N2O2. The van der Waals surface area contributed by atoms with Crippen LogP contribution in [0.15, 0.2) is 102 Å². The summed E-state index contributed by atoms with van der Waals surface area (Å²) in [6, 6.07) is 13.1. The molecule has 52 heavy (non-hydrogen) atoms. The molecule has 1 aliphatic carbocycles. The van der Waals surface area contributed by atoms with Crippen LogP contribution in [-0.4, -0.2) is 16.6 Å². The Morgan fingerprint density at radius 3 is 1.62 bits per heavy atom. The summed E-state index contributed by atoms with van der Waals surface area (Å²) >= 11 is 0. The van der Waals surface area contributed by atoms with Gasteiger partial charge in [-0.05, 0) is 36.4 Å². The summed E-state index contributed by atoms with van der Waals surface area (Å²) in [6.45, 7) is 0. The van der Waals surface area contributed by atoms with Gasteiger partial charge in [0.05, 0.1) is 38.9 Å². The molecule has 0 unspecified atom stereocenters. The van der Waals surface area contributed by atoms with Crippen molar-refractivity contribution in [3.8, 4) is 5.69 Å². The first-order valence-electron chi connectivity index (χ1n) is 14.8. The van der Waals surface area contributed by atoms with Crippen LogP contribution in [0.1, 0.15) is 33.4 Å². The third kappa shape index (κ3) is 5.71. The van der Waals surface area contributed by atoms with Crippen LogP contribution in [0.4, 0.5) is 64.1 Å². The normalized spacial score (nSPS) is 16.8. The van der Waals surface area contributed by atoms with E-state index in [1.54, 1.807) is 0 Å². The largest absolute Gasteiger partial charge is 0.871 e. The lowest BCUT2D eigenvalue weighted by atomic mass is 9.80. The number of aromatic nitrogens is 1. The molecule has 2 aliphatic rings. The van der Waals surface area contributed by atoms with Gasteiger partial charge in [0.25, 0.3) is 0 Å². The number of carbonyl (C=O) groups is 1. The second-order valence-electron chi connectivity index (χ2n) is 11.8. The van der Waals surface area contributed by atoms with E-state index in [1.165, 1.54) is 48.5 Å². The molecule has 16 heteroatoms. The van der Waals surface area contributed by atoms with Gasteiger partial charge in [-0.25, -0.2) is 0 Å². The van der Waals surface area contributed by atoms with E-state index in [2.05, 4.69) is 0 Å². The minimum atomic E-state index is -5.16. The van der Waals surface area contributed by atoms with Gasteiger partial charge in [0.1, 0.15) is 0 Å². The Labute approximate surface area is 283 Å². The van der Waals surface area contributed by atoms with Crippen molar-refractivity contribution < 1.29 is 62.6 Å². The second-order valence-corrected chi connectivity index (χ2v) is 11.8. The fourth-order valence-electron chi connectivity index (χ4n) is 6.22. The Kier molecular flexibility index (Phi) is 7.56. The summed E-state index contributed by atoms with van der Waals surface area (Å²) in [5.41, 5.74) is -8.56. The number of rotatable bonds is 3. The van der Waals surface area contributed by atoms with Crippen molar-refractivity contribution in [1.29, 1.82) is 0 Å². The van der Waals surface area contributed by atoms with Crippen LogP contribution in [0.3, 0.4) is 0 Å². The van der Waals surface area contributed by atoms with Gasteiger partial charge in [-0.3, -0.25) is 4.79 Å². The van der Waals surface area contributed by atoms with Gasteiger partial charge in [-0.2, -0.15) is 57.3 Å². The monoisotopic (exact) mass is 736 g/mol. The lowest BCUT2D eigenvalue weighted by Crippen LogP contribution is -2.30. The molecule has 0 radical (unpaired) electrons. The van der Waals surface area contributed by atoms with E-state index < -0.39 is 81.0 Å². The number of allylic oxidation sites excluding steroid dienone is 3. The molecule has 1 aliphatic heterocycles. The van der Waals surface area contributed by atoms with Gasteiger partial charge in [0.2, 0.25) is 11.4 Å². The third-order valence-corrected chi connectivity index (χ3v) is 8.57. The maximum atomic E-state index is 13.8. The fourth-order valence-corrected chi connectivity index (χ4v) is 6.22. The SMILES string of the molecule is O=C1C(=C2C=[N+](c3cc(C(F)(F)F)cc(C(F)(F)F)c3)c3ccccc32)C([O-])=C1c1cn(-c2cc(C(F)(F)F)cc(C(F)(F)F)c2)c2ccccc12. The van der Waals surface area contributed by atoms with Crippen molar-refractivity contribution >= 4 is 45.4 Å². The predicted molar refractivity (Wildman–Crippen MR) is 163 cm³/mol. The lowest BCUT2D eigenvalue weighted by Gasteiger charge is -2.31. The van der Waals surface area contributed by atoms with E-state index in [-0.39, 0.29) is 45.4 Å². The van der Waals surface area contributed by atoms with Crippen LogP contribution < -0.4 is 9.68 Å². The zero-order chi connectivity index (χ0) is 37.7. The number of benzene rings is 4. The first-order valence-corrected chi connectivity index (χ1v) is 14.8. The molecule has 5 aromatic rings. The fraction of sp³-hybridized carbons (Fsp3) is 0.111. The highest BCUT2D eigenvalue weighted by molar-refractivity contribution is 6.45. The van der Waals surface area contributed by atoms with E-state index >= 15 is 0 Å². The molecule has 266 valence electrons. The third-order valence-electron chi connectivity index (χ3n) is 8.57. The average Bonchev–Trinajstić information content (AvgIpc) is 3.62. The summed E-state index contributed by atoms with van der Waals surface area (Å²) in [6.07, 6.45) is -18.6. The van der Waals surface area contributed by atoms with E-state index in [1.807, 2.05) is 0 Å². The first kappa shape index (κ1) is 34.6. The number of ketones is 1. The lowest BCUT2D eigenvalue weighted by molar-refractivity contribution is -0.297.